The van der Waals surface area contributed by atoms with Crippen LogP contribution in [-0.2, 0) is 4.79 Å². The fourth-order valence-corrected chi connectivity index (χ4v) is 3.71. The molecule has 2 heteroatoms. The van der Waals surface area contributed by atoms with E-state index in [0.29, 0.717) is 0 Å². The van der Waals surface area contributed by atoms with Gasteiger partial charge in [-0.05, 0) is 38.1 Å². The zero-order valence-corrected chi connectivity index (χ0v) is 11.3. The van der Waals surface area contributed by atoms with Crippen LogP contribution in [0.1, 0.15) is 58.3 Å². The molecule has 0 amide bonds. The minimum Gasteiger partial charge on any atom is -0.303 e. The summed E-state index contributed by atoms with van der Waals surface area (Å²) in [5, 5.41) is 0. The highest BCUT2D eigenvalue weighted by Crippen LogP contribution is 2.36. The van der Waals surface area contributed by atoms with Gasteiger partial charge in [0, 0.05) is 18.5 Å². The van der Waals surface area contributed by atoms with Gasteiger partial charge in [-0.15, -0.1) is 0 Å². The second-order valence-electron chi connectivity index (χ2n) is 6.22. The van der Waals surface area contributed by atoms with Gasteiger partial charge in [0.25, 0.3) is 0 Å². The lowest BCUT2D eigenvalue weighted by Crippen LogP contribution is -2.39. The van der Waals surface area contributed by atoms with E-state index in [4.69, 9.17) is 0 Å². The summed E-state index contributed by atoms with van der Waals surface area (Å²) >= 11 is 0. The molecular weight excluding hydrogens is 210 g/mol. The molecule has 0 N–H and O–H groups in total. The smallest absolute Gasteiger partial charge is 0.127 e. The number of carbonyl (C=O) groups excluding carboxylic acids is 1. The van der Waals surface area contributed by atoms with Gasteiger partial charge in [0.05, 0.1) is 0 Å². The summed E-state index contributed by atoms with van der Waals surface area (Å²) in [5.74, 6) is 0.896. The van der Waals surface area contributed by atoms with Gasteiger partial charge < -0.3 is 9.69 Å². The van der Waals surface area contributed by atoms with Crippen molar-refractivity contribution >= 4 is 6.29 Å². The van der Waals surface area contributed by atoms with E-state index in [1.165, 1.54) is 57.9 Å². The van der Waals surface area contributed by atoms with Crippen molar-refractivity contribution in [3.8, 4) is 0 Å². The second-order valence-corrected chi connectivity index (χ2v) is 6.22. The molecule has 1 unspecified atom stereocenters. The van der Waals surface area contributed by atoms with E-state index in [1.54, 1.807) is 0 Å². The molecule has 1 saturated carbocycles. The number of nitrogens with zero attached hydrogens (tertiary/aromatic N) is 1. The van der Waals surface area contributed by atoms with E-state index in [1.807, 2.05) is 0 Å². The van der Waals surface area contributed by atoms with Crippen molar-refractivity contribution in [1.82, 2.24) is 4.90 Å². The zero-order chi connectivity index (χ0) is 12.1. The minimum absolute atomic E-state index is 0.0132. The second kappa shape index (κ2) is 5.99. The normalized spacial score (nSPS) is 29.4. The van der Waals surface area contributed by atoms with E-state index in [0.717, 1.165) is 25.3 Å². The SMILES string of the molecule is CCCC1CCN(CC2(C=O)CCCCC2)C1. The standard InChI is InChI=1S/C15H27NO/c1-2-6-14-7-10-16(11-14)12-15(13-17)8-4-3-5-9-15/h13-14H,2-12H2,1H3. The number of rotatable bonds is 5. The number of aldehydes is 1. The summed E-state index contributed by atoms with van der Waals surface area (Å²) in [7, 11) is 0. The van der Waals surface area contributed by atoms with Gasteiger partial charge in [0.1, 0.15) is 6.29 Å². The Hall–Kier alpha value is -0.370. The summed E-state index contributed by atoms with van der Waals surface area (Å²) in [6, 6.07) is 0. The van der Waals surface area contributed by atoms with Crippen molar-refractivity contribution in [2.75, 3.05) is 19.6 Å². The van der Waals surface area contributed by atoms with Gasteiger partial charge in [0.2, 0.25) is 0 Å². The lowest BCUT2D eigenvalue weighted by molar-refractivity contribution is -0.119. The predicted octanol–water partition coefficient (Wildman–Crippen LogP) is 3.26. The van der Waals surface area contributed by atoms with E-state index >= 15 is 0 Å². The maximum Gasteiger partial charge on any atom is 0.127 e. The Morgan fingerprint density at radius 3 is 2.71 bits per heavy atom. The highest BCUT2D eigenvalue weighted by molar-refractivity contribution is 5.60. The fraction of sp³-hybridized carbons (Fsp3) is 0.933. The average molecular weight is 237 g/mol. The van der Waals surface area contributed by atoms with Crippen molar-refractivity contribution in [1.29, 1.82) is 0 Å². The molecule has 0 spiro atoms. The maximum atomic E-state index is 11.5. The van der Waals surface area contributed by atoms with Crippen molar-refractivity contribution in [3.05, 3.63) is 0 Å². The van der Waals surface area contributed by atoms with Crippen LogP contribution in [-0.4, -0.2) is 30.8 Å². The van der Waals surface area contributed by atoms with Crippen molar-refractivity contribution < 1.29 is 4.79 Å². The third-order valence-electron chi connectivity index (χ3n) is 4.70. The van der Waals surface area contributed by atoms with Crippen molar-refractivity contribution in [3.63, 3.8) is 0 Å². The number of hydrogen-bond acceptors (Lipinski definition) is 2. The first-order chi connectivity index (χ1) is 8.28. The summed E-state index contributed by atoms with van der Waals surface area (Å²) in [6.45, 7) is 5.77. The van der Waals surface area contributed by atoms with E-state index < -0.39 is 0 Å². The van der Waals surface area contributed by atoms with Gasteiger partial charge >= 0.3 is 0 Å². The first-order valence-corrected chi connectivity index (χ1v) is 7.47. The summed E-state index contributed by atoms with van der Waals surface area (Å²) in [5.41, 5.74) is 0.0132. The fourth-order valence-electron chi connectivity index (χ4n) is 3.71. The van der Waals surface area contributed by atoms with Crippen LogP contribution in [0.25, 0.3) is 0 Å². The lowest BCUT2D eigenvalue weighted by atomic mass is 9.75. The van der Waals surface area contributed by atoms with Crippen molar-refractivity contribution in [2.24, 2.45) is 11.3 Å². The van der Waals surface area contributed by atoms with Gasteiger partial charge in [-0.25, -0.2) is 0 Å². The molecule has 1 aliphatic carbocycles. The van der Waals surface area contributed by atoms with Crippen LogP contribution >= 0.6 is 0 Å². The maximum absolute atomic E-state index is 11.5. The summed E-state index contributed by atoms with van der Waals surface area (Å²) in [4.78, 5) is 14.0. The molecule has 0 radical (unpaired) electrons. The third kappa shape index (κ3) is 3.31. The van der Waals surface area contributed by atoms with E-state index in [2.05, 4.69) is 11.8 Å². The van der Waals surface area contributed by atoms with Crippen LogP contribution in [0.4, 0.5) is 0 Å². The molecule has 1 atom stereocenters. The molecule has 0 aromatic rings. The highest BCUT2D eigenvalue weighted by atomic mass is 16.1. The Balaban J connectivity index is 1.85. The number of carbonyl (C=O) groups is 1. The molecule has 0 aromatic heterocycles. The van der Waals surface area contributed by atoms with E-state index in [-0.39, 0.29) is 5.41 Å². The molecule has 0 aromatic carbocycles. The Kier molecular flexibility index (Phi) is 4.61. The molecule has 2 nitrogen and oxygen atoms in total. The summed E-state index contributed by atoms with van der Waals surface area (Å²) < 4.78 is 0. The van der Waals surface area contributed by atoms with Gasteiger partial charge in [-0.1, -0.05) is 32.6 Å². The zero-order valence-electron chi connectivity index (χ0n) is 11.3. The van der Waals surface area contributed by atoms with Crippen LogP contribution in [0.5, 0.6) is 0 Å². The third-order valence-corrected chi connectivity index (χ3v) is 4.70. The Labute approximate surface area is 106 Å². The highest BCUT2D eigenvalue weighted by Gasteiger charge is 2.35. The van der Waals surface area contributed by atoms with Gasteiger partial charge in [-0.3, -0.25) is 0 Å². The van der Waals surface area contributed by atoms with Crippen LogP contribution in [0.2, 0.25) is 0 Å². The molecule has 1 aliphatic heterocycles. The molecule has 2 rings (SSSR count). The van der Waals surface area contributed by atoms with Crippen LogP contribution < -0.4 is 0 Å². The molecule has 1 heterocycles. The molecule has 2 aliphatic rings. The molecule has 2 fully saturated rings. The van der Waals surface area contributed by atoms with Gasteiger partial charge in [-0.2, -0.15) is 0 Å². The molecule has 1 saturated heterocycles. The minimum atomic E-state index is 0.0132. The predicted molar refractivity (Wildman–Crippen MR) is 71.0 cm³/mol. The Bertz CT molecular complexity index is 245. The topological polar surface area (TPSA) is 20.3 Å². The van der Waals surface area contributed by atoms with Crippen LogP contribution in [0.15, 0.2) is 0 Å². The van der Waals surface area contributed by atoms with E-state index in [9.17, 15) is 4.79 Å². The first kappa shape index (κ1) is 13.1. The van der Waals surface area contributed by atoms with Crippen molar-refractivity contribution in [2.45, 2.75) is 58.3 Å². The lowest BCUT2D eigenvalue weighted by Gasteiger charge is -2.35. The summed E-state index contributed by atoms with van der Waals surface area (Å²) in [6.07, 6.45) is 11.4. The average Bonchev–Trinajstić information content (AvgIpc) is 2.78. The Morgan fingerprint density at radius 2 is 2.06 bits per heavy atom. The Morgan fingerprint density at radius 1 is 1.29 bits per heavy atom. The molecular formula is C15H27NO. The molecule has 17 heavy (non-hydrogen) atoms. The molecule has 98 valence electrons. The molecule has 0 bridgehead atoms. The quantitative estimate of drug-likeness (QED) is 0.684. The number of hydrogen-bond donors (Lipinski definition) is 0. The first-order valence-electron chi connectivity index (χ1n) is 7.47. The monoisotopic (exact) mass is 237 g/mol. The van der Waals surface area contributed by atoms with Crippen LogP contribution in [0.3, 0.4) is 0 Å². The van der Waals surface area contributed by atoms with Crippen LogP contribution in [0, 0.1) is 11.3 Å². The van der Waals surface area contributed by atoms with Gasteiger partial charge in [0.15, 0.2) is 0 Å². The number of likely N-dealkylation sites (tertiary alicyclic amines) is 1. The largest absolute Gasteiger partial charge is 0.303 e.